The van der Waals surface area contributed by atoms with Gasteiger partial charge in [0.05, 0.1) is 0 Å². The van der Waals surface area contributed by atoms with E-state index in [9.17, 15) is 4.79 Å². The fourth-order valence-electron chi connectivity index (χ4n) is 3.26. The zero-order valence-electron chi connectivity index (χ0n) is 18.5. The quantitative estimate of drug-likeness (QED) is 0.185. The van der Waals surface area contributed by atoms with Gasteiger partial charge in [0.2, 0.25) is 0 Å². The van der Waals surface area contributed by atoms with E-state index in [0.717, 1.165) is 24.2 Å². The molecule has 4 heteroatoms. The number of carbonyl (C=O) groups excluding carboxylic acids is 1. The molecule has 0 aromatic carbocycles. The van der Waals surface area contributed by atoms with E-state index >= 15 is 0 Å². The van der Waals surface area contributed by atoms with Gasteiger partial charge in [0, 0.05) is 5.75 Å². The van der Waals surface area contributed by atoms with Crippen molar-refractivity contribution in [3.63, 3.8) is 0 Å². The molecule has 160 valence electrons. The molecule has 0 heterocycles. The first-order valence-electron chi connectivity index (χ1n) is 10.9. The van der Waals surface area contributed by atoms with Crippen LogP contribution in [0.4, 0.5) is 0 Å². The van der Waals surface area contributed by atoms with Crippen molar-refractivity contribution in [3.05, 3.63) is 11.6 Å². The van der Waals surface area contributed by atoms with Gasteiger partial charge in [0.15, 0.2) is 0 Å². The van der Waals surface area contributed by atoms with E-state index in [1.165, 1.54) is 56.9 Å². The molecule has 0 aromatic heterocycles. The molecule has 0 saturated heterocycles. The molecule has 0 radical (unpaired) electrons. The average molecular weight is 400 g/mol. The number of carbonyl (C=O) groups is 1. The third-order valence-corrected chi connectivity index (χ3v) is 5.69. The van der Waals surface area contributed by atoms with Crippen LogP contribution in [0.15, 0.2) is 11.6 Å². The smallest absolute Gasteiger partial charge is 0.324 e. The largest absolute Gasteiger partial charge is 0.460 e. The SMILES string of the molecule is CC(=CCOC(=O)[C@@H](N)CS)CCCC(C)CCCC(C)CCCC(C)C. The van der Waals surface area contributed by atoms with Gasteiger partial charge in [0.1, 0.15) is 12.6 Å². The second-order valence-electron chi connectivity index (χ2n) is 8.83. The van der Waals surface area contributed by atoms with Crippen LogP contribution < -0.4 is 5.73 Å². The van der Waals surface area contributed by atoms with Crippen molar-refractivity contribution in [2.75, 3.05) is 12.4 Å². The molecule has 2 unspecified atom stereocenters. The molecule has 0 aliphatic rings. The monoisotopic (exact) mass is 399 g/mol. The highest BCUT2D eigenvalue weighted by Gasteiger charge is 2.11. The maximum atomic E-state index is 11.5. The summed E-state index contributed by atoms with van der Waals surface area (Å²) in [5.41, 5.74) is 6.85. The predicted molar refractivity (Wildman–Crippen MR) is 121 cm³/mol. The number of thiol groups is 1. The normalized spacial score (nSPS) is 15.6. The van der Waals surface area contributed by atoms with Crippen LogP contribution in [0, 0.1) is 17.8 Å². The summed E-state index contributed by atoms with van der Waals surface area (Å²) in [6.45, 7) is 11.8. The number of hydrogen-bond donors (Lipinski definition) is 2. The number of hydrogen-bond acceptors (Lipinski definition) is 4. The van der Waals surface area contributed by atoms with Crippen LogP contribution in [0.5, 0.6) is 0 Å². The van der Waals surface area contributed by atoms with Crippen molar-refractivity contribution < 1.29 is 9.53 Å². The summed E-state index contributed by atoms with van der Waals surface area (Å²) in [5.74, 6) is 2.45. The van der Waals surface area contributed by atoms with Crippen molar-refractivity contribution in [2.24, 2.45) is 23.5 Å². The molecule has 3 nitrogen and oxygen atoms in total. The molecule has 0 bridgehead atoms. The Kier molecular flexibility index (Phi) is 16.2. The van der Waals surface area contributed by atoms with E-state index in [2.05, 4.69) is 47.2 Å². The third-order valence-electron chi connectivity index (χ3n) is 5.30. The summed E-state index contributed by atoms with van der Waals surface area (Å²) >= 11 is 4.00. The van der Waals surface area contributed by atoms with Gasteiger partial charge in [-0.2, -0.15) is 12.6 Å². The number of rotatable bonds is 16. The van der Waals surface area contributed by atoms with Crippen molar-refractivity contribution in [3.8, 4) is 0 Å². The Bertz CT molecular complexity index is 409. The maximum Gasteiger partial charge on any atom is 0.324 e. The lowest BCUT2D eigenvalue weighted by Crippen LogP contribution is -2.33. The molecule has 0 aliphatic heterocycles. The number of nitrogens with two attached hydrogens (primary N) is 1. The highest BCUT2D eigenvalue weighted by molar-refractivity contribution is 7.80. The van der Waals surface area contributed by atoms with Crippen LogP contribution in [-0.2, 0) is 9.53 Å². The van der Waals surface area contributed by atoms with Gasteiger partial charge in [-0.05, 0) is 43.6 Å². The molecule has 2 N–H and O–H groups in total. The number of allylic oxidation sites excluding steroid dienone is 1. The minimum Gasteiger partial charge on any atom is -0.460 e. The van der Waals surface area contributed by atoms with Gasteiger partial charge in [-0.3, -0.25) is 4.79 Å². The first kappa shape index (κ1) is 26.5. The minimum absolute atomic E-state index is 0.316. The van der Waals surface area contributed by atoms with Gasteiger partial charge in [0.25, 0.3) is 0 Å². The summed E-state index contributed by atoms with van der Waals surface area (Å²) in [7, 11) is 0. The van der Waals surface area contributed by atoms with Gasteiger partial charge in [-0.15, -0.1) is 0 Å². The third kappa shape index (κ3) is 16.2. The van der Waals surface area contributed by atoms with Crippen molar-refractivity contribution in [2.45, 2.75) is 98.4 Å². The topological polar surface area (TPSA) is 52.3 Å². The lowest BCUT2D eigenvalue weighted by molar-refractivity contribution is -0.143. The second kappa shape index (κ2) is 16.5. The highest BCUT2D eigenvalue weighted by atomic mass is 32.1. The summed E-state index contributed by atoms with van der Waals surface area (Å²) in [5, 5.41) is 0. The van der Waals surface area contributed by atoms with Gasteiger partial charge >= 0.3 is 5.97 Å². The lowest BCUT2D eigenvalue weighted by Gasteiger charge is -2.15. The lowest BCUT2D eigenvalue weighted by atomic mass is 9.91. The van der Waals surface area contributed by atoms with Crippen molar-refractivity contribution in [1.29, 1.82) is 0 Å². The van der Waals surface area contributed by atoms with Crippen LogP contribution in [0.2, 0.25) is 0 Å². The minimum atomic E-state index is -0.624. The first-order valence-corrected chi connectivity index (χ1v) is 11.6. The van der Waals surface area contributed by atoms with Gasteiger partial charge < -0.3 is 10.5 Å². The zero-order chi connectivity index (χ0) is 20.7. The van der Waals surface area contributed by atoms with E-state index < -0.39 is 6.04 Å². The van der Waals surface area contributed by atoms with Crippen LogP contribution in [0.3, 0.4) is 0 Å². The molecule has 0 rings (SSSR count). The standard InChI is InChI=1S/C23H45NO2S/c1-18(2)9-6-10-19(3)11-7-12-20(4)13-8-14-21(5)15-16-26-23(25)22(24)17-27/h15,18-20,22,27H,6-14,16-17,24H2,1-5H3/t19?,20?,22-/m0/s1. The Balaban J connectivity index is 3.73. The predicted octanol–water partition coefficient (Wildman–Crippen LogP) is 6.17. The second-order valence-corrected chi connectivity index (χ2v) is 9.19. The molecule has 0 saturated carbocycles. The zero-order valence-corrected chi connectivity index (χ0v) is 19.4. The molecular formula is C23H45NO2S. The van der Waals surface area contributed by atoms with E-state index in [1.807, 2.05) is 6.08 Å². The van der Waals surface area contributed by atoms with Crippen LogP contribution in [0.1, 0.15) is 92.4 Å². The molecule has 3 atom stereocenters. The number of esters is 1. The first-order chi connectivity index (χ1) is 12.8. The Morgan fingerprint density at radius 1 is 0.963 bits per heavy atom. The summed E-state index contributed by atoms with van der Waals surface area (Å²) in [4.78, 5) is 11.5. The molecule has 0 aromatic rings. The summed E-state index contributed by atoms with van der Waals surface area (Å²) in [6.07, 6.45) is 13.8. The fourth-order valence-corrected chi connectivity index (χ4v) is 3.41. The van der Waals surface area contributed by atoms with Crippen LogP contribution in [-0.4, -0.2) is 24.4 Å². The highest BCUT2D eigenvalue weighted by Crippen LogP contribution is 2.22. The molecule has 27 heavy (non-hydrogen) atoms. The van der Waals surface area contributed by atoms with Crippen molar-refractivity contribution in [1.82, 2.24) is 0 Å². The Hall–Kier alpha value is -0.480. The van der Waals surface area contributed by atoms with E-state index in [1.54, 1.807) is 0 Å². The summed E-state index contributed by atoms with van der Waals surface area (Å²) in [6, 6.07) is -0.624. The Morgan fingerprint density at radius 2 is 1.48 bits per heavy atom. The van der Waals surface area contributed by atoms with E-state index in [0.29, 0.717) is 12.4 Å². The molecular weight excluding hydrogens is 354 g/mol. The van der Waals surface area contributed by atoms with Gasteiger partial charge in [-0.1, -0.05) is 78.2 Å². The molecule has 0 spiro atoms. The summed E-state index contributed by atoms with van der Waals surface area (Å²) < 4.78 is 5.12. The van der Waals surface area contributed by atoms with Crippen molar-refractivity contribution >= 4 is 18.6 Å². The van der Waals surface area contributed by atoms with Crippen LogP contribution >= 0.6 is 12.6 Å². The molecule has 0 amide bonds. The molecule has 0 aliphatic carbocycles. The number of ether oxygens (including phenoxy) is 1. The fraction of sp³-hybridized carbons (Fsp3) is 0.870. The van der Waals surface area contributed by atoms with E-state index in [-0.39, 0.29) is 5.97 Å². The van der Waals surface area contributed by atoms with Gasteiger partial charge in [-0.25, -0.2) is 0 Å². The van der Waals surface area contributed by atoms with E-state index in [4.69, 9.17) is 10.5 Å². The Morgan fingerprint density at radius 3 is 2.00 bits per heavy atom. The molecule has 0 fully saturated rings. The maximum absolute atomic E-state index is 11.5. The van der Waals surface area contributed by atoms with Crippen LogP contribution in [0.25, 0.3) is 0 Å². The average Bonchev–Trinajstić information content (AvgIpc) is 2.60. The Labute approximate surface area is 174 Å².